The van der Waals surface area contributed by atoms with Crippen LogP contribution >= 0.6 is 0 Å². The van der Waals surface area contributed by atoms with Crippen LogP contribution in [0.1, 0.15) is 20.3 Å². The lowest BCUT2D eigenvalue weighted by Crippen LogP contribution is -2.05. The minimum atomic E-state index is 0.601. The predicted octanol–water partition coefficient (Wildman–Crippen LogP) is 4.70. The molecule has 0 bridgehead atoms. The summed E-state index contributed by atoms with van der Waals surface area (Å²) < 4.78 is 7.46. The number of hydrogen-bond donors (Lipinski definition) is 0. The zero-order chi connectivity index (χ0) is 18.1. The fraction of sp³-hybridized carbons (Fsp3) is 0.286. The number of aromatic nitrogens is 4. The molecule has 0 fully saturated rings. The highest BCUT2D eigenvalue weighted by Crippen LogP contribution is 2.27. The molecule has 2 heterocycles. The largest absolute Gasteiger partial charge is 0.497 e. The first-order chi connectivity index (χ1) is 12.7. The van der Waals surface area contributed by atoms with Crippen molar-refractivity contribution in [2.75, 3.05) is 7.11 Å². The lowest BCUT2D eigenvalue weighted by Gasteiger charge is -2.11. The van der Waals surface area contributed by atoms with Gasteiger partial charge in [0.05, 0.1) is 18.1 Å². The number of benzene rings is 2. The first-order valence-corrected chi connectivity index (χ1v) is 8.93. The summed E-state index contributed by atoms with van der Waals surface area (Å²) in [4.78, 5) is 14.4. The van der Waals surface area contributed by atoms with Gasteiger partial charge in [0.1, 0.15) is 11.6 Å². The van der Waals surface area contributed by atoms with Crippen LogP contribution in [0.4, 0.5) is 0 Å². The molecule has 132 valence electrons. The summed E-state index contributed by atoms with van der Waals surface area (Å²) in [7, 11) is 1.67. The highest BCUT2D eigenvalue weighted by atomic mass is 16.5. The van der Waals surface area contributed by atoms with Crippen molar-refractivity contribution in [1.82, 2.24) is 19.5 Å². The highest BCUT2D eigenvalue weighted by molar-refractivity contribution is 5.84. The van der Waals surface area contributed by atoms with Crippen molar-refractivity contribution in [2.45, 2.75) is 26.8 Å². The molecule has 26 heavy (non-hydrogen) atoms. The average Bonchev–Trinajstić information content (AvgIpc) is 3.02. The smallest absolute Gasteiger partial charge is 0.198 e. The van der Waals surface area contributed by atoms with E-state index in [1.807, 2.05) is 48.5 Å². The van der Waals surface area contributed by atoms with Gasteiger partial charge >= 0.3 is 0 Å². The Labute approximate surface area is 152 Å². The topological polar surface area (TPSA) is 52.8 Å². The van der Waals surface area contributed by atoms with E-state index >= 15 is 0 Å². The summed E-state index contributed by atoms with van der Waals surface area (Å²) in [5.41, 5.74) is 4.34. The van der Waals surface area contributed by atoms with Crippen LogP contribution in [0, 0.1) is 5.92 Å². The first-order valence-electron chi connectivity index (χ1n) is 8.93. The quantitative estimate of drug-likeness (QED) is 0.525. The van der Waals surface area contributed by atoms with Crippen molar-refractivity contribution in [3.63, 3.8) is 0 Å². The van der Waals surface area contributed by atoms with Gasteiger partial charge in [-0.2, -0.15) is 0 Å². The van der Waals surface area contributed by atoms with Gasteiger partial charge in [0.25, 0.3) is 0 Å². The van der Waals surface area contributed by atoms with Gasteiger partial charge in [-0.25, -0.2) is 15.0 Å². The van der Waals surface area contributed by atoms with Crippen molar-refractivity contribution < 1.29 is 4.74 Å². The standard InChI is InChI=1S/C21H22N4O/c1-14(2)12-13-25-20(15-8-10-16(26-3)11-9-15)24-19-21(25)23-18-7-5-4-6-17(18)22-19/h4-11,14H,12-13H2,1-3H3. The summed E-state index contributed by atoms with van der Waals surface area (Å²) in [5.74, 6) is 2.34. The lowest BCUT2D eigenvalue weighted by atomic mass is 10.1. The second kappa shape index (κ2) is 6.75. The van der Waals surface area contributed by atoms with E-state index in [0.717, 1.165) is 46.8 Å². The summed E-state index contributed by atoms with van der Waals surface area (Å²) in [6, 6.07) is 15.9. The van der Waals surface area contributed by atoms with E-state index in [-0.39, 0.29) is 0 Å². The fourth-order valence-electron chi connectivity index (χ4n) is 3.06. The molecule has 0 aliphatic rings. The third kappa shape index (κ3) is 3.01. The molecule has 0 N–H and O–H groups in total. The fourth-order valence-corrected chi connectivity index (χ4v) is 3.06. The molecule has 5 heteroatoms. The number of para-hydroxylation sites is 2. The van der Waals surface area contributed by atoms with Gasteiger partial charge in [0, 0.05) is 12.1 Å². The maximum absolute atomic E-state index is 5.27. The van der Waals surface area contributed by atoms with Crippen LogP contribution in [-0.4, -0.2) is 26.6 Å². The third-order valence-corrected chi connectivity index (χ3v) is 4.54. The Hall–Kier alpha value is -2.95. The molecule has 0 aliphatic carbocycles. The number of hydrogen-bond acceptors (Lipinski definition) is 4. The molecule has 2 aromatic carbocycles. The van der Waals surface area contributed by atoms with E-state index in [2.05, 4.69) is 18.4 Å². The van der Waals surface area contributed by atoms with Gasteiger partial charge in [0.2, 0.25) is 0 Å². The van der Waals surface area contributed by atoms with Crippen molar-refractivity contribution in [2.24, 2.45) is 5.92 Å². The van der Waals surface area contributed by atoms with Crippen molar-refractivity contribution in [1.29, 1.82) is 0 Å². The minimum absolute atomic E-state index is 0.601. The summed E-state index contributed by atoms with van der Waals surface area (Å²) >= 11 is 0. The van der Waals surface area contributed by atoms with Crippen LogP contribution < -0.4 is 4.74 Å². The Kier molecular flexibility index (Phi) is 4.29. The van der Waals surface area contributed by atoms with Crippen LogP contribution in [0.3, 0.4) is 0 Å². The molecule has 0 atom stereocenters. The Bertz CT molecular complexity index is 1050. The van der Waals surface area contributed by atoms with Gasteiger partial charge in [-0.05, 0) is 48.7 Å². The molecule has 0 spiro atoms. The van der Waals surface area contributed by atoms with Gasteiger partial charge < -0.3 is 9.30 Å². The van der Waals surface area contributed by atoms with E-state index in [4.69, 9.17) is 19.7 Å². The summed E-state index contributed by atoms with van der Waals surface area (Å²) in [6.45, 7) is 5.32. The van der Waals surface area contributed by atoms with Crippen LogP contribution in [-0.2, 0) is 6.54 Å². The van der Waals surface area contributed by atoms with E-state index in [0.29, 0.717) is 11.6 Å². The van der Waals surface area contributed by atoms with Crippen LogP contribution in [0.2, 0.25) is 0 Å². The Balaban J connectivity index is 1.91. The molecule has 0 unspecified atom stereocenters. The number of fused-ring (bicyclic) bond motifs is 2. The molecule has 2 aromatic heterocycles. The average molecular weight is 346 g/mol. The molecule has 5 nitrogen and oxygen atoms in total. The first kappa shape index (κ1) is 16.5. The Morgan fingerprint density at radius 1 is 0.923 bits per heavy atom. The SMILES string of the molecule is COc1ccc(-c2nc3nc4ccccc4nc3n2CCC(C)C)cc1. The van der Waals surface area contributed by atoms with E-state index in [1.54, 1.807) is 7.11 Å². The Morgan fingerprint density at radius 2 is 1.62 bits per heavy atom. The lowest BCUT2D eigenvalue weighted by molar-refractivity contribution is 0.415. The predicted molar refractivity (Wildman–Crippen MR) is 104 cm³/mol. The zero-order valence-corrected chi connectivity index (χ0v) is 15.3. The van der Waals surface area contributed by atoms with Crippen LogP contribution in [0.5, 0.6) is 5.75 Å². The normalized spacial score (nSPS) is 11.5. The molecule has 0 saturated carbocycles. The number of nitrogens with zero attached hydrogens (tertiary/aromatic N) is 4. The van der Waals surface area contributed by atoms with Crippen LogP contribution in [0.25, 0.3) is 33.7 Å². The zero-order valence-electron chi connectivity index (χ0n) is 15.3. The molecule has 0 aliphatic heterocycles. The number of methoxy groups -OCH3 is 1. The number of ether oxygens (including phenoxy) is 1. The molecule has 0 saturated heterocycles. The number of rotatable bonds is 5. The van der Waals surface area contributed by atoms with Crippen molar-refractivity contribution >= 4 is 22.3 Å². The molecule has 0 amide bonds. The maximum atomic E-state index is 5.27. The third-order valence-electron chi connectivity index (χ3n) is 4.54. The van der Waals surface area contributed by atoms with Crippen molar-refractivity contribution in [3.8, 4) is 17.1 Å². The molecule has 0 radical (unpaired) electrons. The second-order valence-electron chi connectivity index (χ2n) is 6.86. The van der Waals surface area contributed by atoms with E-state index in [9.17, 15) is 0 Å². The van der Waals surface area contributed by atoms with E-state index < -0.39 is 0 Å². The summed E-state index contributed by atoms with van der Waals surface area (Å²) in [6.07, 6.45) is 1.06. The molecular weight excluding hydrogens is 324 g/mol. The van der Waals surface area contributed by atoms with Gasteiger partial charge in [-0.15, -0.1) is 0 Å². The maximum Gasteiger partial charge on any atom is 0.198 e. The minimum Gasteiger partial charge on any atom is -0.497 e. The van der Waals surface area contributed by atoms with E-state index in [1.165, 1.54) is 0 Å². The summed E-state index contributed by atoms with van der Waals surface area (Å²) in [5, 5.41) is 0. The van der Waals surface area contributed by atoms with Crippen molar-refractivity contribution in [3.05, 3.63) is 48.5 Å². The highest BCUT2D eigenvalue weighted by Gasteiger charge is 2.16. The molecular formula is C21H22N4O. The van der Waals surface area contributed by atoms with Gasteiger partial charge in [-0.3, -0.25) is 0 Å². The van der Waals surface area contributed by atoms with Gasteiger partial charge in [-0.1, -0.05) is 26.0 Å². The number of imidazole rings is 1. The molecule has 4 rings (SSSR count). The monoisotopic (exact) mass is 346 g/mol. The van der Waals surface area contributed by atoms with Gasteiger partial charge in [0.15, 0.2) is 11.3 Å². The van der Waals surface area contributed by atoms with Crippen LogP contribution in [0.15, 0.2) is 48.5 Å². The molecule has 4 aromatic rings. The number of aryl methyl sites for hydroxylation is 1. The second-order valence-corrected chi connectivity index (χ2v) is 6.86. The Morgan fingerprint density at radius 3 is 2.27 bits per heavy atom.